The third-order valence-corrected chi connectivity index (χ3v) is 4.25. The lowest BCUT2D eigenvalue weighted by Crippen LogP contribution is -2.20. The van der Waals surface area contributed by atoms with Crippen molar-refractivity contribution >= 4 is 38.5 Å². The van der Waals surface area contributed by atoms with Gasteiger partial charge in [-0.25, -0.2) is 0 Å². The second kappa shape index (κ2) is 6.41. The number of ether oxygens (including phenoxy) is 1. The van der Waals surface area contributed by atoms with Gasteiger partial charge >= 0.3 is 0 Å². The second-order valence-electron chi connectivity index (χ2n) is 4.02. The average Bonchev–Trinajstić information content (AvgIpc) is 2.44. The fourth-order valence-corrected chi connectivity index (χ4v) is 2.89. The zero-order chi connectivity index (χ0) is 14.7. The molecule has 0 radical (unpaired) electrons. The van der Waals surface area contributed by atoms with Crippen molar-refractivity contribution in [3.63, 3.8) is 0 Å². The van der Waals surface area contributed by atoms with Crippen LogP contribution in [0.1, 0.15) is 0 Å². The molecule has 6 heteroatoms. The van der Waals surface area contributed by atoms with Crippen molar-refractivity contribution in [3.05, 3.63) is 48.7 Å². The summed E-state index contributed by atoms with van der Waals surface area (Å²) in [7, 11) is 1.74. The Morgan fingerprint density at radius 2 is 2.15 bits per heavy atom. The Hall–Kier alpha value is -1.33. The summed E-state index contributed by atoms with van der Waals surface area (Å²) in [5, 5.41) is 8.50. The fraction of sp³-hybridized carbons (Fsp3) is 0.143. The van der Waals surface area contributed by atoms with E-state index >= 15 is 0 Å². The van der Waals surface area contributed by atoms with E-state index in [0.29, 0.717) is 9.32 Å². The molecule has 0 saturated carbocycles. The smallest absolute Gasteiger partial charge is 0.264 e. The molecule has 4 nitrogen and oxygen atoms in total. The Morgan fingerprint density at radius 3 is 2.80 bits per heavy atom. The van der Waals surface area contributed by atoms with Gasteiger partial charge in [0.25, 0.3) is 5.56 Å². The number of nitriles is 1. The monoisotopic (exact) mass is 444 g/mol. The van der Waals surface area contributed by atoms with Crippen LogP contribution >= 0.6 is 38.5 Å². The van der Waals surface area contributed by atoms with Gasteiger partial charge in [0, 0.05) is 17.1 Å². The molecule has 102 valence electrons. The summed E-state index contributed by atoms with van der Waals surface area (Å²) < 4.78 is 8.34. The number of hydrogen-bond acceptors (Lipinski definition) is 3. The molecule has 0 N–H and O–H groups in total. The first-order valence-electron chi connectivity index (χ1n) is 5.70. The molecule has 2 aromatic rings. The maximum absolute atomic E-state index is 12.0. The SMILES string of the molecule is Cn1c(-c2ccc(OCC#N)cc2Br)ccc(I)c1=O. The van der Waals surface area contributed by atoms with Crippen LogP contribution in [0.4, 0.5) is 0 Å². The molecule has 0 amide bonds. The molecule has 0 fully saturated rings. The van der Waals surface area contributed by atoms with E-state index in [1.54, 1.807) is 29.8 Å². The first kappa shape index (κ1) is 15.1. The van der Waals surface area contributed by atoms with Gasteiger partial charge in [-0.3, -0.25) is 4.79 Å². The van der Waals surface area contributed by atoms with Crippen molar-refractivity contribution in [3.8, 4) is 23.1 Å². The van der Waals surface area contributed by atoms with E-state index in [1.165, 1.54) is 0 Å². The van der Waals surface area contributed by atoms with Gasteiger partial charge in [0.2, 0.25) is 0 Å². The third kappa shape index (κ3) is 3.04. The molecule has 1 aromatic heterocycles. The Labute approximate surface area is 138 Å². The number of hydrogen-bond donors (Lipinski definition) is 0. The van der Waals surface area contributed by atoms with Crippen molar-refractivity contribution < 1.29 is 4.74 Å². The van der Waals surface area contributed by atoms with Gasteiger partial charge in [-0.05, 0) is 68.9 Å². The zero-order valence-electron chi connectivity index (χ0n) is 10.6. The Kier molecular flexibility index (Phi) is 4.83. The highest BCUT2D eigenvalue weighted by Gasteiger charge is 2.10. The molecule has 0 spiro atoms. The van der Waals surface area contributed by atoms with Gasteiger partial charge in [0.1, 0.15) is 11.8 Å². The average molecular weight is 445 g/mol. The van der Waals surface area contributed by atoms with Crippen LogP contribution in [-0.2, 0) is 7.05 Å². The van der Waals surface area contributed by atoms with Crippen LogP contribution in [-0.4, -0.2) is 11.2 Å². The van der Waals surface area contributed by atoms with Crippen molar-refractivity contribution in [2.45, 2.75) is 0 Å². The first-order chi connectivity index (χ1) is 9.54. The molecule has 0 aliphatic carbocycles. The Balaban J connectivity index is 2.47. The lowest BCUT2D eigenvalue weighted by Gasteiger charge is -2.11. The molecule has 0 atom stereocenters. The fourth-order valence-electron chi connectivity index (χ4n) is 1.78. The summed E-state index contributed by atoms with van der Waals surface area (Å²) in [6.07, 6.45) is 0. The molecule has 0 unspecified atom stereocenters. The highest BCUT2D eigenvalue weighted by molar-refractivity contribution is 14.1. The molecular formula is C14H10BrIN2O2. The van der Waals surface area contributed by atoms with Crippen LogP contribution in [0.2, 0.25) is 0 Å². The number of benzene rings is 1. The number of pyridine rings is 1. The highest BCUT2D eigenvalue weighted by atomic mass is 127. The molecule has 20 heavy (non-hydrogen) atoms. The standard InChI is InChI=1S/C14H10BrIN2O2/c1-18-13(5-4-12(16)14(18)19)10-3-2-9(8-11(10)15)20-7-6-17/h2-5,8H,7H2,1H3. The maximum atomic E-state index is 12.0. The predicted octanol–water partition coefficient (Wildman–Crippen LogP) is 3.32. The summed E-state index contributed by atoms with van der Waals surface area (Å²) in [5.41, 5.74) is 1.68. The quantitative estimate of drug-likeness (QED) is 0.682. The minimum Gasteiger partial charge on any atom is -0.479 e. The number of aromatic nitrogens is 1. The summed E-state index contributed by atoms with van der Waals surface area (Å²) in [6.45, 7) is 0.00774. The molecule has 0 aliphatic heterocycles. The van der Waals surface area contributed by atoms with Crippen molar-refractivity contribution in [1.82, 2.24) is 4.57 Å². The van der Waals surface area contributed by atoms with E-state index < -0.39 is 0 Å². The largest absolute Gasteiger partial charge is 0.479 e. The number of rotatable bonds is 3. The van der Waals surface area contributed by atoms with Gasteiger partial charge in [-0.15, -0.1) is 0 Å². The van der Waals surface area contributed by atoms with Crippen LogP contribution in [0, 0.1) is 14.9 Å². The number of nitrogens with zero attached hydrogens (tertiary/aromatic N) is 2. The molecule has 0 aliphatic rings. The van der Waals surface area contributed by atoms with Crippen molar-refractivity contribution in [2.75, 3.05) is 6.61 Å². The minimum atomic E-state index is -0.0280. The summed E-state index contributed by atoms with van der Waals surface area (Å²) in [6, 6.07) is 11.0. The van der Waals surface area contributed by atoms with E-state index in [4.69, 9.17) is 10.00 Å². The lowest BCUT2D eigenvalue weighted by molar-refractivity contribution is 0.368. The highest BCUT2D eigenvalue weighted by Crippen LogP contribution is 2.30. The molecule has 1 aromatic carbocycles. The van der Waals surface area contributed by atoms with Crippen LogP contribution in [0.15, 0.2) is 39.6 Å². The second-order valence-corrected chi connectivity index (χ2v) is 6.04. The summed E-state index contributed by atoms with van der Waals surface area (Å²) in [4.78, 5) is 12.0. The van der Waals surface area contributed by atoms with Crippen LogP contribution in [0.25, 0.3) is 11.3 Å². The lowest BCUT2D eigenvalue weighted by atomic mass is 10.1. The van der Waals surface area contributed by atoms with E-state index in [1.807, 2.05) is 40.8 Å². The topological polar surface area (TPSA) is 55.0 Å². The van der Waals surface area contributed by atoms with Crippen molar-refractivity contribution in [1.29, 1.82) is 5.26 Å². The van der Waals surface area contributed by atoms with Crippen LogP contribution in [0.3, 0.4) is 0 Å². The molecular weight excluding hydrogens is 435 g/mol. The van der Waals surface area contributed by atoms with E-state index in [0.717, 1.165) is 15.7 Å². The molecule has 0 bridgehead atoms. The van der Waals surface area contributed by atoms with E-state index in [-0.39, 0.29) is 12.2 Å². The normalized spacial score (nSPS) is 10.1. The van der Waals surface area contributed by atoms with E-state index in [9.17, 15) is 4.79 Å². The van der Waals surface area contributed by atoms with Gasteiger partial charge in [-0.2, -0.15) is 5.26 Å². The van der Waals surface area contributed by atoms with Crippen LogP contribution in [0.5, 0.6) is 5.75 Å². The van der Waals surface area contributed by atoms with Crippen molar-refractivity contribution in [2.24, 2.45) is 7.05 Å². The summed E-state index contributed by atoms with van der Waals surface area (Å²) in [5.74, 6) is 0.609. The van der Waals surface area contributed by atoms with Crippen LogP contribution < -0.4 is 10.3 Å². The first-order valence-corrected chi connectivity index (χ1v) is 7.57. The zero-order valence-corrected chi connectivity index (χ0v) is 14.3. The minimum absolute atomic E-state index is 0.00774. The van der Waals surface area contributed by atoms with Gasteiger partial charge < -0.3 is 9.30 Å². The Morgan fingerprint density at radius 1 is 1.40 bits per heavy atom. The van der Waals surface area contributed by atoms with Gasteiger partial charge in [-0.1, -0.05) is 0 Å². The van der Waals surface area contributed by atoms with E-state index in [2.05, 4.69) is 15.9 Å². The van der Waals surface area contributed by atoms with Gasteiger partial charge in [0.05, 0.1) is 9.26 Å². The molecule has 2 rings (SSSR count). The molecule has 1 heterocycles. The molecule has 0 saturated heterocycles. The maximum Gasteiger partial charge on any atom is 0.264 e. The summed E-state index contributed by atoms with van der Waals surface area (Å²) >= 11 is 5.49. The predicted molar refractivity (Wildman–Crippen MR) is 88.6 cm³/mol. The third-order valence-electron chi connectivity index (χ3n) is 2.78. The number of halogens is 2. The Bertz CT molecular complexity index is 750. The van der Waals surface area contributed by atoms with Gasteiger partial charge in [0.15, 0.2) is 6.61 Å².